The highest BCUT2D eigenvalue weighted by atomic mass is 32.2. The fraction of sp³-hybridized carbons (Fsp3) is 0.455. The predicted octanol–water partition coefficient (Wildman–Crippen LogP) is 3.35. The van der Waals surface area contributed by atoms with Crippen LogP contribution < -0.4 is 0 Å². The van der Waals surface area contributed by atoms with Gasteiger partial charge in [-0.15, -0.1) is 0 Å². The molecule has 0 nitrogen and oxygen atoms in total. The number of fused-ring (bicyclic) bond motifs is 1. The molecule has 0 saturated carbocycles. The highest BCUT2D eigenvalue weighted by molar-refractivity contribution is 7.99. The molecule has 0 amide bonds. The summed E-state index contributed by atoms with van der Waals surface area (Å²) < 4.78 is 0. The fourth-order valence-corrected chi connectivity index (χ4v) is 2.95. The summed E-state index contributed by atoms with van der Waals surface area (Å²) in [4.78, 5) is 0. The van der Waals surface area contributed by atoms with Crippen LogP contribution in [0.25, 0.3) is 0 Å². The molecule has 1 heterocycles. The SMILES string of the molecule is Cc1cccc2c1CCSC2C. The van der Waals surface area contributed by atoms with E-state index in [1.54, 1.807) is 11.1 Å². The number of rotatable bonds is 0. The maximum Gasteiger partial charge on any atom is 0.0271 e. The zero-order chi connectivity index (χ0) is 8.55. The third-order valence-electron chi connectivity index (χ3n) is 2.60. The maximum atomic E-state index is 2.31. The van der Waals surface area contributed by atoms with Crippen molar-refractivity contribution >= 4 is 11.8 Å². The van der Waals surface area contributed by atoms with E-state index in [-0.39, 0.29) is 0 Å². The van der Waals surface area contributed by atoms with Gasteiger partial charge in [0.2, 0.25) is 0 Å². The Balaban J connectivity index is 2.52. The van der Waals surface area contributed by atoms with Crippen molar-refractivity contribution in [1.29, 1.82) is 0 Å². The standard InChI is InChI=1S/C11H14S/c1-8-4-3-5-11-9(2)12-7-6-10(8)11/h3-5,9H,6-7H2,1-2H3. The van der Waals surface area contributed by atoms with Crippen molar-refractivity contribution in [2.45, 2.75) is 25.5 Å². The van der Waals surface area contributed by atoms with Crippen molar-refractivity contribution in [2.24, 2.45) is 0 Å². The summed E-state index contributed by atoms with van der Waals surface area (Å²) in [6.07, 6.45) is 1.26. The average Bonchev–Trinajstić information content (AvgIpc) is 2.07. The molecule has 1 atom stereocenters. The van der Waals surface area contributed by atoms with E-state index in [0.717, 1.165) is 0 Å². The van der Waals surface area contributed by atoms with E-state index in [1.165, 1.54) is 17.7 Å². The lowest BCUT2D eigenvalue weighted by atomic mass is 9.97. The van der Waals surface area contributed by atoms with Crippen molar-refractivity contribution in [3.8, 4) is 0 Å². The summed E-state index contributed by atoms with van der Waals surface area (Å²) >= 11 is 2.07. The van der Waals surface area contributed by atoms with Gasteiger partial charge in [-0.1, -0.05) is 18.2 Å². The van der Waals surface area contributed by atoms with Crippen LogP contribution in [0.5, 0.6) is 0 Å². The molecule has 0 aromatic heterocycles. The summed E-state index contributed by atoms with van der Waals surface area (Å²) in [5.41, 5.74) is 4.63. The minimum atomic E-state index is 0.702. The Morgan fingerprint density at radius 2 is 2.25 bits per heavy atom. The maximum absolute atomic E-state index is 2.31. The Kier molecular flexibility index (Phi) is 2.14. The van der Waals surface area contributed by atoms with Crippen molar-refractivity contribution in [1.82, 2.24) is 0 Å². The summed E-state index contributed by atoms with van der Waals surface area (Å²) in [5, 5.41) is 0.702. The van der Waals surface area contributed by atoms with Crippen LogP contribution in [0.15, 0.2) is 18.2 Å². The predicted molar refractivity (Wildman–Crippen MR) is 55.8 cm³/mol. The quantitative estimate of drug-likeness (QED) is 0.587. The highest BCUT2D eigenvalue weighted by Crippen LogP contribution is 2.36. The Hall–Kier alpha value is -0.430. The number of hydrogen-bond donors (Lipinski definition) is 0. The van der Waals surface area contributed by atoms with Crippen LogP contribution in [0.4, 0.5) is 0 Å². The van der Waals surface area contributed by atoms with Gasteiger partial charge in [0.25, 0.3) is 0 Å². The van der Waals surface area contributed by atoms with Crippen LogP contribution in [-0.2, 0) is 6.42 Å². The van der Waals surface area contributed by atoms with E-state index in [1.807, 2.05) is 0 Å². The van der Waals surface area contributed by atoms with Crippen LogP contribution in [0.1, 0.15) is 28.9 Å². The number of benzene rings is 1. The van der Waals surface area contributed by atoms with Crippen molar-refractivity contribution in [3.05, 3.63) is 34.9 Å². The first-order chi connectivity index (χ1) is 5.79. The number of hydrogen-bond acceptors (Lipinski definition) is 1. The van der Waals surface area contributed by atoms with Gasteiger partial charge in [0.1, 0.15) is 0 Å². The first-order valence-corrected chi connectivity index (χ1v) is 5.54. The monoisotopic (exact) mass is 178 g/mol. The summed E-state index contributed by atoms with van der Waals surface area (Å²) in [7, 11) is 0. The molecule has 12 heavy (non-hydrogen) atoms. The molecule has 0 radical (unpaired) electrons. The third kappa shape index (κ3) is 1.27. The van der Waals surface area contributed by atoms with Gasteiger partial charge in [0, 0.05) is 5.25 Å². The van der Waals surface area contributed by atoms with Crippen LogP contribution in [0.3, 0.4) is 0 Å². The lowest BCUT2D eigenvalue weighted by molar-refractivity contribution is 0.970. The minimum Gasteiger partial charge on any atom is -0.154 e. The normalized spacial score (nSPS) is 22.0. The summed E-state index contributed by atoms with van der Waals surface area (Å²) in [5.74, 6) is 1.29. The van der Waals surface area contributed by atoms with Gasteiger partial charge in [0.05, 0.1) is 0 Å². The van der Waals surface area contributed by atoms with Crippen LogP contribution in [-0.4, -0.2) is 5.75 Å². The van der Waals surface area contributed by atoms with Gasteiger partial charge in [0.15, 0.2) is 0 Å². The molecule has 0 bridgehead atoms. The Morgan fingerprint density at radius 3 is 3.00 bits per heavy atom. The first-order valence-electron chi connectivity index (χ1n) is 4.49. The molecule has 1 aromatic carbocycles. The van der Waals surface area contributed by atoms with Gasteiger partial charge >= 0.3 is 0 Å². The van der Waals surface area contributed by atoms with E-state index >= 15 is 0 Å². The molecular weight excluding hydrogens is 164 g/mol. The van der Waals surface area contributed by atoms with Gasteiger partial charge in [-0.25, -0.2) is 0 Å². The second-order valence-corrected chi connectivity index (χ2v) is 4.85. The average molecular weight is 178 g/mol. The fourth-order valence-electron chi connectivity index (χ4n) is 1.87. The van der Waals surface area contributed by atoms with E-state index in [0.29, 0.717) is 5.25 Å². The van der Waals surface area contributed by atoms with Gasteiger partial charge in [-0.3, -0.25) is 0 Å². The molecule has 0 spiro atoms. The molecule has 0 aliphatic carbocycles. The minimum absolute atomic E-state index is 0.702. The Morgan fingerprint density at radius 1 is 1.42 bits per heavy atom. The van der Waals surface area contributed by atoms with E-state index < -0.39 is 0 Å². The van der Waals surface area contributed by atoms with Gasteiger partial charge in [-0.2, -0.15) is 11.8 Å². The molecule has 0 fully saturated rings. The van der Waals surface area contributed by atoms with E-state index in [2.05, 4.69) is 43.8 Å². The molecule has 1 aliphatic heterocycles. The molecule has 0 N–H and O–H groups in total. The molecule has 0 saturated heterocycles. The van der Waals surface area contributed by atoms with E-state index in [9.17, 15) is 0 Å². The van der Waals surface area contributed by atoms with Gasteiger partial charge in [-0.05, 0) is 42.7 Å². The summed E-state index contributed by atoms with van der Waals surface area (Å²) in [6, 6.07) is 6.68. The van der Waals surface area contributed by atoms with Crippen LogP contribution in [0, 0.1) is 6.92 Å². The zero-order valence-corrected chi connectivity index (χ0v) is 8.45. The largest absolute Gasteiger partial charge is 0.154 e. The lowest BCUT2D eigenvalue weighted by Crippen LogP contribution is -2.07. The second-order valence-electron chi connectivity index (χ2n) is 3.41. The molecule has 1 aromatic rings. The van der Waals surface area contributed by atoms with Crippen LogP contribution >= 0.6 is 11.8 Å². The van der Waals surface area contributed by atoms with Gasteiger partial charge < -0.3 is 0 Å². The number of aryl methyl sites for hydroxylation is 1. The lowest BCUT2D eigenvalue weighted by Gasteiger charge is -2.23. The molecule has 64 valence electrons. The molecule has 1 aliphatic rings. The molecule has 1 heteroatoms. The van der Waals surface area contributed by atoms with E-state index in [4.69, 9.17) is 0 Å². The second kappa shape index (κ2) is 3.14. The molecular formula is C11H14S. The Labute approximate surface area is 78.4 Å². The highest BCUT2D eigenvalue weighted by Gasteiger charge is 2.16. The first kappa shape index (κ1) is 8.18. The van der Waals surface area contributed by atoms with Crippen molar-refractivity contribution in [3.63, 3.8) is 0 Å². The smallest absolute Gasteiger partial charge is 0.0271 e. The molecule has 2 rings (SSSR count). The summed E-state index contributed by atoms with van der Waals surface area (Å²) in [6.45, 7) is 4.53. The zero-order valence-electron chi connectivity index (χ0n) is 7.63. The third-order valence-corrected chi connectivity index (χ3v) is 3.80. The van der Waals surface area contributed by atoms with Crippen molar-refractivity contribution in [2.75, 3.05) is 5.75 Å². The van der Waals surface area contributed by atoms with Crippen LogP contribution in [0.2, 0.25) is 0 Å². The molecule has 1 unspecified atom stereocenters. The Bertz CT molecular complexity index is 291. The van der Waals surface area contributed by atoms with Crippen molar-refractivity contribution < 1.29 is 0 Å². The topological polar surface area (TPSA) is 0 Å². The number of thioether (sulfide) groups is 1.